The first-order valence-corrected chi connectivity index (χ1v) is 5.92. The van der Waals surface area contributed by atoms with Gasteiger partial charge >= 0.3 is 0 Å². The molecule has 0 aromatic heterocycles. The van der Waals surface area contributed by atoms with Crippen molar-refractivity contribution in [1.29, 1.82) is 0 Å². The van der Waals surface area contributed by atoms with Crippen LogP contribution in [0.3, 0.4) is 0 Å². The fourth-order valence-corrected chi connectivity index (χ4v) is 2.25. The summed E-state index contributed by atoms with van der Waals surface area (Å²) in [7, 11) is 0. The predicted octanol–water partition coefficient (Wildman–Crippen LogP) is 0.542. The molecular formula is C12H20N2O2. The number of carbonyl (C=O) groups is 1. The second-order valence-electron chi connectivity index (χ2n) is 4.80. The van der Waals surface area contributed by atoms with Crippen molar-refractivity contribution < 1.29 is 9.53 Å². The maximum Gasteiger partial charge on any atom is 0.249 e. The molecule has 0 radical (unpaired) electrons. The van der Waals surface area contributed by atoms with E-state index in [1.165, 1.54) is 5.57 Å². The van der Waals surface area contributed by atoms with Crippen LogP contribution in [0.4, 0.5) is 0 Å². The molecule has 16 heavy (non-hydrogen) atoms. The highest BCUT2D eigenvalue weighted by Gasteiger charge is 2.28. The SMILES string of the molecule is CC(C(=O)N1C[C@@H](C)O[C@@H](C)C1)=C1CNC1. The predicted molar refractivity (Wildman–Crippen MR) is 62.2 cm³/mol. The molecule has 0 spiro atoms. The second-order valence-corrected chi connectivity index (χ2v) is 4.80. The number of nitrogens with zero attached hydrogens (tertiary/aromatic N) is 1. The molecule has 4 nitrogen and oxygen atoms in total. The fraction of sp³-hybridized carbons (Fsp3) is 0.750. The Kier molecular flexibility index (Phi) is 3.30. The largest absolute Gasteiger partial charge is 0.372 e. The zero-order valence-electron chi connectivity index (χ0n) is 10.2. The van der Waals surface area contributed by atoms with Crippen molar-refractivity contribution in [3.05, 3.63) is 11.1 Å². The van der Waals surface area contributed by atoms with E-state index in [0.29, 0.717) is 13.1 Å². The van der Waals surface area contributed by atoms with Gasteiger partial charge in [-0.15, -0.1) is 0 Å². The number of rotatable bonds is 1. The van der Waals surface area contributed by atoms with Gasteiger partial charge < -0.3 is 15.0 Å². The molecule has 1 N–H and O–H groups in total. The minimum atomic E-state index is 0.144. The lowest BCUT2D eigenvalue weighted by Gasteiger charge is -2.36. The normalized spacial score (nSPS) is 29.9. The van der Waals surface area contributed by atoms with Crippen LogP contribution in [0.15, 0.2) is 11.1 Å². The number of hydrogen-bond acceptors (Lipinski definition) is 3. The van der Waals surface area contributed by atoms with Crippen LogP contribution in [0.2, 0.25) is 0 Å². The third-order valence-electron chi connectivity index (χ3n) is 3.23. The summed E-state index contributed by atoms with van der Waals surface area (Å²) in [5.41, 5.74) is 2.16. The van der Waals surface area contributed by atoms with Gasteiger partial charge in [-0.25, -0.2) is 0 Å². The van der Waals surface area contributed by atoms with Crippen LogP contribution in [-0.4, -0.2) is 49.2 Å². The van der Waals surface area contributed by atoms with Gasteiger partial charge in [0.15, 0.2) is 0 Å². The average Bonchev–Trinajstić information content (AvgIpc) is 2.12. The number of amides is 1. The lowest BCUT2D eigenvalue weighted by Crippen LogP contribution is -2.49. The van der Waals surface area contributed by atoms with Gasteiger partial charge in [0, 0.05) is 31.8 Å². The molecule has 2 heterocycles. The Hall–Kier alpha value is -0.870. The second kappa shape index (κ2) is 4.55. The quantitative estimate of drug-likeness (QED) is 0.661. The van der Waals surface area contributed by atoms with Crippen molar-refractivity contribution in [3.63, 3.8) is 0 Å². The van der Waals surface area contributed by atoms with E-state index >= 15 is 0 Å². The standard InChI is InChI=1S/C12H20N2O2/c1-8-6-14(7-9(2)16-8)12(15)10(3)11-4-13-5-11/h8-9,13H,4-7H2,1-3H3/t8-,9+. The molecule has 0 bridgehead atoms. The van der Waals surface area contributed by atoms with Gasteiger partial charge in [-0.05, 0) is 26.3 Å². The highest BCUT2D eigenvalue weighted by molar-refractivity contribution is 5.94. The molecule has 0 unspecified atom stereocenters. The number of hydrogen-bond donors (Lipinski definition) is 1. The van der Waals surface area contributed by atoms with Gasteiger partial charge in [0.25, 0.3) is 0 Å². The van der Waals surface area contributed by atoms with E-state index in [4.69, 9.17) is 4.74 Å². The van der Waals surface area contributed by atoms with E-state index in [2.05, 4.69) is 5.32 Å². The Morgan fingerprint density at radius 2 is 1.88 bits per heavy atom. The summed E-state index contributed by atoms with van der Waals surface area (Å²) in [6.07, 6.45) is 0.287. The fourth-order valence-electron chi connectivity index (χ4n) is 2.25. The van der Waals surface area contributed by atoms with Gasteiger partial charge in [-0.3, -0.25) is 4.79 Å². The Labute approximate surface area is 96.6 Å². The summed E-state index contributed by atoms with van der Waals surface area (Å²) in [6, 6.07) is 0. The molecule has 0 aromatic rings. The molecule has 1 amide bonds. The lowest BCUT2D eigenvalue weighted by atomic mass is 10.0. The maximum absolute atomic E-state index is 12.2. The van der Waals surface area contributed by atoms with E-state index in [-0.39, 0.29) is 18.1 Å². The minimum absolute atomic E-state index is 0.144. The molecule has 4 heteroatoms. The lowest BCUT2D eigenvalue weighted by molar-refractivity contribution is -0.139. The van der Waals surface area contributed by atoms with E-state index in [1.807, 2.05) is 25.7 Å². The Bertz CT molecular complexity index is 309. The van der Waals surface area contributed by atoms with Crippen molar-refractivity contribution in [2.24, 2.45) is 0 Å². The third-order valence-corrected chi connectivity index (χ3v) is 3.23. The zero-order chi connectivity index (χ0) is 11.7. The summed E-state index contributed by atoms with van der Waals surface area (Å²) in [5, 5.41) is 3.16. The van der Waals surface area contributed by atoms with Crippen LogP contribution in [-0.2, 0) is 9.53 Å². The van der Waals surface area contributed by atoms with Gasteiger partial charge in [0.2, 0.25) is 5.91 Å². The Balaban J connectivity index is 2.03. The van der Waals surface area contributed by atoms with Crippen molar-refractivity contribution in [2.45, 2.75) is 33.0 Å². The summed E-state index contributed by atoms with van der Waals surface area (Å²) in [5.74, 6) is 0.179. The Morgan fingerprint density at radius 3 is 2.31 bits per heavy atom. The topological polar surface area (TPSA) is 41.6 Å². The van der Waals surface area contributed by atoms with Crippen LogP contribution in [0.25, 0.3) is 0 Å². The smallest absolute Gasteiger partial charge is 0.249 e. The molecule has 2 aliphatic rings. The first-order valence-electron chi connectivity index (χ1n) is 5.92. The van der Waals surface area contributed by atoms with Crippen molar-refractivity contribution in [2.75, 3.05) is 26.2 Å². The first-order chi connectivity index (χ1) is 7.58. The molecular weight excluding hydrogens is 204 g/mol. The highest BCUT2D eigenvalue weighted by atomic mass is 16.5. The molecule has 2 aliphatic heterocycles. The van der Waals surface area contributed by atoms with Crippen molar-refractivity contribution in [3.8, 4) is 0 Å². The maximum atomic E-state index is 12.2. The minimum Gasteiger partial charge on any atom is -0.372 e. The van der Waals surface area contributed by atoms with Gasteiger partial charge in [0.05, 0.1) is 12.2 Å². The molecule has 2 saturated heterocycles. The molecule has 0 saturated carbocycles. The number of morpholine rings is 1. The first kappa shape index (κ1) is 11.6. The molecule has 90 valence electrons. The van der Waals surface area contributed by atoms with Crippen molar-refractivity contribution in [1.82, 2.24) is 10.2 Å². The van der Waals surface area contributed by atoms with Crippen molar-refractivity contribution >= 4 is 5.91 Å². The molecule has 2 atom stereocenters. The van der Waals surface area contributed by atoms with E-state index < -0.39 is 0 Å². The molecule has 2 rings (SSSR count). The van der Waals surface area contributed by atoms with E-state index in [0.717, 1.165) is 18.7 Å². The van der Waals surface area contributed by atoms with Crippen LogP contribution in [0, 0.1) is 0 Å². The molecule has 0 aromatic carbocycles. The van der Waals surface area contributed by atoms with Crippen LogP contribution >= 0.6 is 0 Å². The summed E-state index contributed by atoms with van der Waals surface area (Å²) < 4.78 is 5.62. The van der Waals surface area contributed by atoms with E-state index in [9.17, 15) is 4.79 Å². The summed E-state index contributed by atoms with van der Waals surface area (Å²) in [4.78, 5) is 14.1. The van der Waals surface area contributed by atoms with Crippen LogP contribution in [0.1, 0.15) is 20.8 Å². The van der Waals surface area contributed by atoms with Gasteiger partial charge in [-0.1, -0.05) is 0 Å². The monoisotopic (exact) mass is 224 g/mol. The van der Waals surface area contributed by atoms with E-state index in [1.54, 1.807) is 0 Å². The number of ether oxygens (including phenoxy) is 1. The average molecular weight is 224 g/mol. The Morgan fingerprint density at radius 1 is 1.31 bits per heavy atom. The summed E-state index contributed by atoms with van der Waals surface area (Å²) in [6.45, 7) is 9.12. The van der Waals surface area contributed by atoms with Crippen LogP contribution < -0.4 is 5.32 Å². The number of carbonyl (C=O) groups excluding carboxylic acids is 1. The van der Waals surface area contributed by atoms with Gasteiger partial charge in [-0.2, -0.15) is 0 Å². The van der Waals surface area contributed by atoms with Gasteiger partial charge in [0.1, 0.15) is 0 Å². The molecule has 2 fully saturated rings. The molecule has 0 aliphatic carbocycles. The number of nitrogens with one attached hydrogen (secondary N) is 1. The zero-order valence-corrected chi connectivity index (χ0v) is 10.2. The third kappa shape index (κ3) is 2.28. The summed E-state index contributed by atoms with van der Waals surface area (Å²) >= 11 is 0. The van der Waals surface area contributed by atoms with Crippen LogP contribution in [0.5, 0.6) is 0 Å². The highest BCUT2D eigenvalue weighted by Crippen LogP contribution is 2.16.